The van der Waals surface area contributed by atoms with E-state index < -0.39 is 18.2 Å². The number of urea groups is 1. The number of methoxy groups -OCH3 is 1. The number of nitrogens with one attached hydrogen (secondary N) is 1. The molecule has 1 N–H and O–H groups in total. The van der Waals surface area contributed by atoms with Crippen molar-refractivity contribution < 1.29 is 23.9 Å². The highest BCUT2D eigenvalue weighted by Gasteiger charge is 2.39. The maximum absolute atomic E-state index is 12.2. The van der Waals surface area contributed by atoms with Gasteiger partial charge in [0.25, 0.3) is 5.91 Å². The van der Waals surface area contributed by atoms with Crippen molar-refractivity contribution >= 4 is 29.4 Å². The van der Waals surface area contributed by atoms with E-state index in [0.717, 1.165) is 4.90 Å². The van der Waals surface area contributed by atoms with Gasteiger partial charge in [-0.2, -0.15) is 0 Å². The molecule has 1 atom stereocenters. The van der Waals surface area contributed by atoms with E-state index in [9.17, 15) is 14.4 Å². The number of imide groups is 1. The smallest absolute Gasteiger partial charge is 0.414 e. The second-order valence-corrected chi connectivity index (χ2v) is 4.91. The van der Waals surface area contributed by atoms with Gasteiger partial charge in [0.2, 0.25) is 0 Å². The van der Waals surface area contributed by atoms with Crippen LogP contribution in [0, 0.1) is 0 Å². The SMILES string of the molecule is COC[C@@H]1NC(=O)N(c2ccc(N3CCOC3=O)cc2)C1=O. The Morgan fingerprint density at radius 1 is 1.23 bits per heavy atom. The maximum Gasteiger partial charge on any atom is 0.414 e. The predicted octanol–water partition coefficient (Wildman–Crippen LogP) is 0.714. The zero-order valence-corrected chi connectivity index (χ0v) is 11.9. The number of amides is 4. The molecule has 2 aliphatic rings. The molecule has 1 aromatic carbocycles. The molecule has 3 rings (SSSR count). The van der Waals surface area contributed by atoms with Gasteiger partial charge in [0, 0.05) is 12.8 Å². The quantitative estimate of drug-likeness (QED) is 0.828. The molecule has 116 valence electrons. The van der Waals surface area contributed by atoms with E-state index in [4.69, 9.17) is 9.47 Å². The van der Waals surface area contributed by atoms with Gasteiger partial charge < -0.3 is 14.8 Å². The molecule has 4 amide bonds. The Morgan fingerprint density at radius 3 is 2.50 bits per heavy atom. The Kier molecular flexibility index (Phi) is 3.68. The third-order valence-electron chi connectivity index (χ3n) is 3.53. The maximum atomic E-state index is 12.2. The van der Waals surface area contributed by atoms with Crippen molar-refractivity contribution in [2.75, 3.05) is 36.7 Å². The van der Waals surface area contributed by atoms with Crippen LogP contribution in [0.15, 0.2) is 24.3 Å². The van der Waals surface area contributed by atoms with E-state index in [1.807, 2.05) is 0 Å². The molecule has 8 nitrogen and oxygen atoms in total. The summed E-state index contributed by atoms with van der Waals surface area (Å²) in [5.41, 5.74) is 1.10. The predicted molar refractivity (Wildman–Crippen MR) is 76.8 cm³/mol. The zero-order valence-electron chi connectivity index (χ0n) is 11.9. The third kappa shape index (κ3) is 2.37. The minimum absolute atomic E-state index is 0.124. The van der Waals surface area contributed by atoms with Gasteiger partial charge in [0.15, 0.2) is 0 Å². The van der Waals surface area contributed by atoms with Gasteiger partial charge in [-0.3, -0.25) is 9.69 Å². The zero-order chi connectivity index (χ0) is 15.7. The van der Waals surface area contributed by atoms with Crippen LogP contribution < -0.4 is 15.1 Å². The molecule has 0 saturated carbocycles. The molecule has 2 saturated heterocycles. The molecule has 2 fully saturated rings. The Labute approximate surface area is 126 Å². The molecule has 1 aromatic rings. The first kappa shape index (κ1) is 14.3. The lowest BCUT2D eigenvalue weighted by molar-refractivity contribution is -0.119. The summed E-state index contributed by atoms with van der Waals surface area (Å²) in [5.74, 6) is -0.361. The minimum Gasteiger partial charge on any atom is -0.447 e. The molecular formula is C14H15N3O5. The van der Waals surface area contributed by atoms with Crippen molar-refractivity contribution in [3.8, 4) is 0 Å². The minimum atomic E-state index is -0.675. The molecule has 8 heteroatoms. The average molecular weight is 305 g/mol. The Hall–Kier alpha value is -2.61. The summed E-state index contributed by atoms with van der Waals surface area (Å²) in [7, 11) is 1.46. The normalized spacial score (nSPS) is 21.3. The van der Waals surface area contributed by atoms with E-state index in [1.165, 1.54) is 12.0 Å². The first-order chi connectivity index (χ1) is 10.6. The van der Waals surface area contributed by atoms with Gasteiger partial charge in [0.1, 0.15) is 12.6 Å². The second kappa shape index (κ2) is 5.64. The Bertz CT molecular complexity index is 615. The fourth-order valence-corrected chi connectivity index (χ4v) is 2.46. The van der Waals surface area contributed by atoms with Crippen LogP contribution in [0.1, 0.15) is 0 Å². The number of nitrogens with zero attached hydrogens (tertiary/aromatic N) is 2. The summed E-state index contributed by atoms with van der Waals surface area (Å²) < 4.78 is 9.78. The summed E-state index contributed by atoms with van der Waals surface area (Å²) in [6.45, 7) is 0.961. The lowest BCUT2D eigenvalue weighted by atomic mass is 10.2. The topological polar surface area (TPSA) is 88.2 Å². The number of cyclic esters (lactones) is 1. The van der Waals surface area contributed by atoms with Crippen LogP contribution in [0.25, 0.3) is 0 Å². The molecule has 0 aromatic heterocycles. The monoisotopic (exact) mass is 305 g/mol. The van der Waals surface area contributed by atoms with Crippen molar-refractivity contribution in [1.82, 2.24) is 5.32 Å². The van der Waals surface area contributed by atoms with Gasteiger partial charge in [0.05, 0.1) is 18.8 Å². The largest absolute Gasteiger partial charge is 0.447 e. The number of anilines is 2. The average Bonchev–Trinajstić information content (AvgIpc) is 3.04. The van der Waals surface area contributed by atoms with Crippen LogP contribution in [0.5, 0.6) is 0 Å². The lowest BCUT2D eigenvalue weighted by Gasteiger charge is -2.16. The second-order valence-electron chi connectivity index (χ2n) is 4.91. The van der Waals surface area contributed by atoms with E-state index in [-0.39, 0.29) is 12.5 Å². The van der Waals surface area contributed by atoms with E-state index >= 15 is 0 Å². The van der Waals surface area contributed by atoms with Crippen LogP contribution in [0.4, 0.5) is 21.0 Å². The van der Waals surface area contributed by atoms with Crippen LogP contribution in [-0.4, -0.2) is 50.9 Å². The summed E-state index contributed by atoms with van der Waals surface area (Å²) in [5, 5.41) is 2.56. The van der Waals surface area contributed by atoms with Crippen LogP contribution in [0.3, 0.4) is 0 Å². The Balaban J connectivity index is 1.79. The summed E-state index contributed by atoms with van der Waals surface area (Å²) >= 11 is 0. The van der Waals surface area contributed by atoms with Crippen LogP contribution >= 0.6 is 0 Å². The van der Waals surface area contributed by atoms with Crippen molar-refractivity contribution in [1.29, 1.82) is 0 Å². The first-order valence-electron chi connectivity index (χ1n) is 6.79. The number of ether oxygens (including phenoxy) is 2. The molecule has 0 spiro atoms. The molecule has 0 radical (unpaired) electrons. The highest BCUT2D eigenvalue weighted by molar-refractivity contribution is 6.21. The third-order valence-corrected chi connectivity index (χ3v) is 3.53. The van der Waals surface area contributed by atoms with Crippen molar-refractivity contribution in [2.45, 2.75) is 6.04 Å². The lowest BCUT2D eigenvalue weighted by Crippen LogP contribution is -2.34. The highest BCUT2D eigenvalue weighted by atomic mass is 16.6. The molecule has 2 heterocycles. The molecule has 22 heavy (non-hydrogen) atoms. The van der Waals surface area contributed by atoms with Crippen molar-refractivity contribution in [3.63, 3.8) is 0 Å². The molecule has 0 unspecified atom stereocenters. The highest BCUT2D eigenvalue weighted by Crippen LogP contribution is 2.25. The fraction of sp³-hybridized carbons (Fsp3) is 0.357. The fourth-order valence-electron chi connectivity index (χ4n) is 2.46. The number of rotatable bonds is 4. The number of carbonyl (C=O) groups is 3. The van der Waals surface area contributed by atoms with Crippen molar-refractivity contribution in [2.24, 2.45) is 0 Å². The molecular weight excluding hydrogens is 290 g/mol. The van der Waals surface area contributed by atoms with Crippen molar-refractivity contribution in [3.05, 3.63) is 24.3 Å². The van der Waals surface area contributed by atoms with E-state index in [1.54, 1.807) is 24.3 Å². The van der Waals surface area contributed by atoms with Gasteiger partial charge in [-0.1, -0.05) is 0 Å². The van der Waals surface area contributed by atoms with E-state index in [0.29, 0.717) is 24.5 Å². The molecule has 0 aliphatic carbocycles. The van der Waals surface area contributed by atoms with Gasteiger partial charge in [-0.05, 0) is 24.3 Å². The summed E-state index contributed by atoms with van der Waals surface area (Å²) in [6.07, 6.45) is -0.400. The Morgan fingerprint density at radius 2 is 1.91 bits per heavy atom. The molecule has 2 aliphatic heterocycles. The van der Waals surface area contributed by atoms with Gasteiger partial charge in [-0.15, -0.1) is 0 Å². The number of benzene rings is 1. The number of hydrogen-bond acceptors (Lipinski definition) is 5. The van der Waals surface area contributed by atoms with Crippen LogP contribution in [0.2, 0.25) is 0 Å². The van der Waals surface area contributed by atoms with E-state index in [2.05, 4.69) is 5.32 Å². The van der Waals surface area contributed by atoms with Crippen LogP contribution in [-0.2, 0) is 14.3 Å². The van der Waals surface area contributed by atoms with Gasteiger partial charge >= 0.3 is 12.1 Å². The number of carbonyl (C=O) groups excluding carboxylic acids is 3. The van der Waals surface area contributed by atoms with Gasteiger partial charge in [-0.25, -0.2) is 14.5 Å². The standard InChI is InChI=1S/C14H15N3O5/c1-21-8-11-12(18)17(13(19)15-11)10-4-2-9(3-5-10)16-6-7-22-14(16)20/h2-5,11H,6-8H2,1H3,(H,15,19)/t11-/m0/s1. The number of hydrogen-bond donors (Lipinski definition) is 1. The summed E-state index contributed by atoms with van der Waals surface area (Å²) in [4.78, 5) is 38.1. The molecule has 0 bridgehead atoms. The summed E-state index contributed by atoms with van der Waals surface area (Å²) in [6, 6.07) is 5.42. The first-order valence-corrected chi connectivity index (χ1v) is 6.79.